The van der Waals surface area contributed by atoms with Crippen molar-refractivity contribution in [2.24, 2.45) is 0 Å². The van der Waals surface area contributed by atoms with Crippen LogP contribution in [-0.4, -0.2) is 23.8 Å². The van der Waals surface area contributed by atoms with Crippen LogP contribution >= 0.6 is 11.8 Å². The van der Waals surface area contributed by atoms with Crippen molar-refractivity contribution in [1.29, 1.82) is 0 Å². The van der Waals surface area contributed by atoms with Gasteiger partial charge in [-0.1, -0.05) is 30.0 Å². The highest BCUT2D eigenvalue weighted by Crippen LogP contribution is 2.19. The average molecular weight is 264 g/mol. The summed E-state index contributed by atoms with van der Waals surface area (Å²) in [6.07, 6.45) is 4.57. The van der Waals surface area contributed by atoms with E-state index in [4.69, 9.17) is 4.74 Å². The molecule has 0 saturated carbocycles. The first-order chi connectivity index (χ1) is 8.67. The molecule has 0 aliphatic heterocycles. The van der Waals surface area contributed by atoms with Gasteiger partial charge in [-0.3, -0.25) is 9.59 Å². The van der Waals surface area contributed by atoms with Crippen LogP contribution in [0.5, 0.6) is 5.75 Å². The zero-order valence-corrected chi connectivity index (χ0v) is 11.3. The first kappa shape index (κ1) is 14.5. The summed E-state index contributed by atoms with van der Waals surface area (Å²) in [6, 6.07) is 5.44. The van der Waals surface area contributed by atoms with Gasteiger partial charge in [0.2, 0.25) is 0 Å². The highest BCUT2D eigenvalue weighted by molar-refractivity contribution is 8.13. The largest absolute Gasteiger partial charge is 0.493 e. The van der Waals surface area contributed by atoms with Gasteiger partial charge in [-0.05, 0) is 24.6 Å². The average Bonchev–Trinajstić information content (AvgIpc) is 2.36. The van der Waals surface area contributed by atoms with Crippen LogP contribution in [0.15, 0.2) is 24.3 Å². The number of benzene rings is 1. The molecule has 0 radical (unpaired) electrons. The predicted molar refractivity (Wildman–Crippen MR) is 75.2 cm³/mol. The number of ether oxygens (including phenoxy) is 1. The number of hydrogen-bond acceptors (Lipinski definition) is 4. The summed E-state index contributed by atoms with van der Waals surface area (Å²) >= 11 is 1.25. The van der Waals surface area contributed by atoms with E-state index in [2.05, 4.69) is 0 Å². The molecular weight excluding hydrogens is 248 g/mol. The molecule has 0 saturated heterocycles. The number of hydrogen-bond donors (Lipinski definition) is 0. The zero-order chi connectivity index (χ0) is 13.4. The molecule has 0 N–H and O–H groups in total. The molecule has 1 aromatic rings. The van der Waals surface area contributed by atoms with E-state index in [1.54, 1.807) is 19.1 Å². The lowest BCUT2D eigenvalue weighted by Gasteiger charge is -2.06. The molecule has 1 rings (SSSR count). The van der Waals surface area contributed by atoms with Gasteiger partial charge in [-0.25, -0.2) is 0 Å². The summed E-state index contributed by atoms with van der Waals surface area (Å²) in [4.78, 5) is 21.7. The van der Waals surface area contributed by atoms with Crippen molar-refractivity contribution >= 4 is 29.2 Å². The maximum absolute atomic E-state index is 10.9. The third kappa shape index (κ3) is 4.75. The number of carbonyl (C=O) groups is 2. The van der Waals surface area contributed by atoms with Gasteiger partial charge >= 0.3 is 0 Å². The lowest BCUT2D eigenvalue weighted by Crippen LogP contribution is -1.96. The fourth-order valence-electron chi connectivity index (χ4n) is 1.40. The van der Waals surface area contributed by atoms with Gasteiger partial charge in [-0.2, -0.15) is 0 Å². The van der Waals surface area contributed by atoms with Crippen LogP contribution in [0.4, 0.5) is 0 Å². The Morgan fingerprint density at radius 1 is 1.44 bits per heavy atom. The topological polar surface area (TPSA) is 43.4 Å². The molecule has 0 aliphatic rings. The molecule has 0 amide bonds. The number of rotatable bonds is 6. The Bertz CT molecular complexity index is 452. The fraction of sp³-hybridized carbons (Fsp3) is 0.286. The van der Waals surface area contributed by atoms with Crippen LogP contribution in [0.3, 0.4) is 0 Å². The molecule has 4 heteroatoms. The normalized spacial score (nSPS) is 10.6. The monoisotopic (exact) mass is 264 g/mol. The molecule has 3 nitrogen and oxygen atoms in total. The summed E-state index contributed by atoms with van der Waals surface area (Å²) in [5.41, 5.74) is 1.46. The SMILES string of the molecule is CCOc1ccc(C=CCSC(C)=O)cc1C=O. The van der Waals surface area contributed by atoms with Gasteiger partial charge in [0.15, 0.2) is 11.4 Å². The van der Waals surface area contributed by atoms with Gasteiger partial charge < -0.3 is 4.74 Å². The Balaban J connectivity index is 2.72. The van der Waals surface area contributed by atoms with Crippen LogP contribution in [-0.2, 0) is 4.79 Å². The Labute approximate surface area is 111 Å². The molecule has 0 heterocycles. The minimum absolute atomic E-state index is 0.0972. The van der Waals surface area contributed by atoms with E-state index in [9.17, 15) is 9.59 Å². The Hall–Kier alpha value is -1.55. The molecule has 0 spiro atoms. The van der Waals surface area contributed by atoms with Crippen LogP contribution < -0.4 is 4.74 Å². The van der Waals surface area contributed by atoms with E-state index in [0.717, 1.165) is 11.8 Å². The van der Waals surface area contributed by atoms with Crippen molar-refractivity contribution in [2.75, 3.05) is 12.4 Å². The van der Waals surface area contributed by atoms with E-state index < -0.39 is 0 Å². The van der Waals surface area contributed by atoms with Crippen molar-refractivity contribution in [3.05, 3.63) is 35.4 Å². The van der Waals surface area contributed by atoms with Gasteiger partial charge in [0.1, 0.15) is 5.75 Å². The number of carbonyl (C=O) groups excluding carboxylic acids is 2. The van der Waals surface area contributed by atoms with E-state index in [-0.39, 0.29) is 5.12 Å². The Morgan fingerprint density at radius 3 is 2.83 bits per heavy atom. The summed E-state index contributed by atoms with van der Waals surface area (Å²) in [6.45, 7) is 3.95. The Kier molecular flexibility index (Phi) is 6.22. The number of thioether (sulfide) groups is 1. The van der Waals surface area contributed by atoms with Crippen molar-refractivity contribution in [1.82, 2.24) is 0 Å². The maximum Gasteiger partial charge on any atom is 0.186 e. The maximum atomic E-state index is 10.9. The van der Waals surface area contributed by atoms with E-state index in [0.29, 0.717) is 23.7 Å². The molecule has 96 valence electrons. The van der Waals surface area contributed by atoms with E-state index in [1.807, 2.05) is 25.1 Å². The van der Waals surface area contributed by atoms with Gasteiger partial charge in [0, 0.05) is 12.7 Å². The smallest absolute Gasteiger partial charge is 0.186 e. The summed E-state index contributed by atoms with van der Waals surface area (Å²) in [5.74, 6) is 1.24. The fourth-order valence-corrected chi connectivity index (χ4v) is 1.83. The van der Waals surface area contributed by atoms with Crippen molar-refractivity contribution < 1.29 is 14.3 Å². The quantitative estimate of drug-likeness (QED) is 0.740. The lowest BCUT2D eigenvalue weighted by molar-refractivity contribution is -0.109. The van der Waals surface area contributed by atoms with Crippen molar-refractivity contribution in [2.45, 2.75) is 13.8 Å². The first-order valence-corrected chi connectivity index (χ1v) is 6.68. The minimum Gasteiger partial charge on any atom is -0.493 e. The summed E-state index contributed by atoms with van der Waals surface area (Å²) in [7, 11) is 0. The van der Waals surface area contributed by atoms with Crippen LogP contribution in [0, 0.1) is 0 Å². The zero-order valence-electron chi connectivity index (χ0n) is 10.5. The molecule has 0 fully saturated rings. The molecule has 0 bridgehead atoms. The van der Waals surface area contributed by atoms with Crippen molar-refractivity contribution in [3.63, 3.8) is 0 Å². The second-order valence-corrected chi connectivity index (χ2v) is 4.75. The first-order valence-electron chi connectivity index (χ1n) is 5.69. The van der Waals surface area contributed by atoms with Crippen LogP contribution in [0.2, 0.25) is 0 Å². The summed E-state index contributed by atoms with van der Waals surface area (Å²) < 4.78 is 5.34. The third-order valence-corrected chi connectivity index (χ3v) is 2.92. The molecule has 1 aromatic carbocycles. The standard InChI is InChI=1S/C14H16O3S/c1-3-17-14-7-6-12(9-13(14)10-15)5-4-8-18-11(2)16/h4-7,9-10H,3,8H2,1-2H3. The second-order valence-electron chi connectivity index (χ2n) is 3.55. The molecular formula is C14H16O3S. The van der Waals surface area contributed by atoms with Gasteiger partial charge in [0.05, 0.1) is 12.2 Å². The van der Waals surface area contributed by atoms with Crippen LogP contribution in [0.1, 0.15) is 29.8 Å². The van der Waals surface area contributed by atoms with E-state index in [1.165, 1.54) is 11.8 Å². The molecule has 0 unspecified atom stereocenters. The summed E-state index contributed by atoms with van der Waals surface area (Å²) in [5, 5.41) is 0.0972. The lowest BCUT2D eigenvalue weighted by atomic mass is 10.1. The minimum atomic E-state index is 0.0972. The molecule has 18 heavy (non-hydrogen) atoms. The van der Waals surface area contributed by atoms with Gasteiger partial charge in [0.25, 0.3) is 0 Å². The van der Waals surface area contributed by atoms with Gasteiger partial charge in [-0.15, -0.1) is 0 Å². The second kappa shape index (κ2) is 7.71. The predicted octanol–water partition coefficient (Wildman–Crippen LogP) is 3.19. The Morgan fingerprint density at radius 2 is 2.22 bits per heavy atom. The number of aldehydes is 1. The van der Waals surface area contributed by atoms with E-state index >= 15 is 0 Å². The van der Waals surface area contributed by atoms with Crippen LogP contribution in [0.25, 0.3) is 6.08 Å². The molecule has 0 aromatic heterocycles. The highest BCUT2D eigenvalue weighted by atomic mass is 32.2. The molecule has 0 aliphatic carbocycles. The van der Waals surface area contributed by atoms with Crippen molar-refractivity contribution in [3.8, 4) is 5.75 Å². The third-order valence-electron chi connectivity index (χ3n) is 2.15. The molecule has 0 atom stereocenters. The highest BCUT2D eigenvalue weighted by Gasteiger charge is 2.02.